The summed E-state index contributed by atoms with van der Waals surface area (Å²) < 4.78 is 0. The molecular formula is C10H18N6O7U-6. The molecule has 2 heterocycles. The summed E-state index contributed by atoms with van der Waals surface area (Å²) >= 11 is 0. The van der Waals surface area contributed by atoms with Crippen molar-refractivity contribution in [3.8, 4) is 0 Å². The van der Waals surface area contributed by atoms with Gasteiger partial charge in [0.25, 0.3) is 11.7 Å². The number of aliphatic imine (C=N–C) groups is 2. The molecule has 0 fully saturated rings. The monoisotopic (exact) mass is 572 g/mol. The molecule has 24 heavy (non-hydrogen) atoms. The average molecular weight is 572 g/mol. The van der Waals surface area contributed by atoms with Gasteiger partial charge in [-0.25, -0.2) is 0 Å². The summed E-state index contributed by atoms with van der Waals surface area (Å²) in [7, 11) is 0. The predicted molar refractivity (Wildman–Crippen MR) is 79.2 cm³/mol. The van der Waals surface area contributed by atoms with Crippen molar-refractivity contribution in [2.45, 2.75) is 38.5 Å². The second kappa shape index (κ2) is 18.1. The molecule has 14 heteroatoms. The van der Waals surface area contributed by atoms with Crippen LogP contribution in [0.15, 0.2) is 9.98 Å². The van der Waals surface area contributed by atoms with E-state index >= 15 is 0 Å². The number of hydrogen-bond donors (Lipinski definition) is 4. The Bertz CT molecular complexity index is 403. The fraction of sp³-hybridized carbons (Fsp3) is 0.600. The van der Waals surface area contributed by atoms with Crippen molar-refractivity contribution in [1.82, 2.24) is 11.0 Å². The largest absolute Gasteiger partial charge is 2.00 e. The van der Waals surface area contributed by atoms with Crippen LogP contribution in [-0.4, -0.2) is 28.8 Å². The van der Waals surface area contributed by atoms with Crippen LogP contribution in [0.3, 0.4) is 0 Å². The molecule has 0 atom stereocenters. The first-order chi connectivity index (χ1) is 9.73. The Morgan fingerprint density at radius 2 is 1.08 bits per heavy atom. The van der Waals surface area contributed by atoms with Crippen molar-refractivity contribution in [2.24, 2.45) is 9.98 Å². The number of nitrogens with one attached hydrogen (secondary N) is 4. The first-order valence-corrected chi connectivity index (χ1v) is 6.13. The van der Waals surface area contributed by atoms with Gasteiger partial charge in [-0.1, -0.05) is 0 Å². The molecule has 6 N–H and O–H groups in total. The van der Waals surface area contributed by atoms with E-state index in [0.29, 0.717) is 49.0 Å². The molecule has 13 nitrogen and oxygen atoms in total. The third-order valence-corrected chi connectivity index (χ3v) is 2.67. The number of hydrogen-bond acceptors (Lipinski definition) is 6. The van der Waals surface area contributed by atoms with E-state index < -0.39 is 0 Å². The Balaban J connectivity index is -0.000000143. The molecule has 140 valence electrons. The average Bonchev–Trinajstić information content (AvgIpc) is 2.55. The molecular weight excluding hydrogens is 554 g/mol. The molecule has 0 amide bonds. The predicted octanol–water partition coefficient (Wildman–Crippen LogP) is -3.80. The number of nitrogens with zero attached hydrogens (tertiary/aromatic N) is 2. The summed E-state index contributed by atoms with van der Waals surface area (Å²) in [6.45, 7) is 0. The first kappa shape index (κ1) is 30.6. The number of amidine groups is 4. The van der Waals surface area contributed by atoms with Crippen LogP contribution >= 0.6 is 0 Å². The van der Waals surface area contributed by atoms with Gasteiger partial charge in [0.05, 0.1) is 12.8 Å². The van der Waals surface area contributed by atoms with E-state index in [1.165, 1.54) is 0 Å². The molecule has 0 aliphatic carbocycles. The minimum absolute atomic E-state index is 0. The zero-order chi connectivity index (χ0) is 14.8. The van der Waals surface area contributed by atoms with Gasteiger partial charge in [-0.05, 0) is 22.8 Å². The van der Waals surface area contributed by atoms with Gasteiger partial charge >= 0.3 is 0 Å². The van der Waals surface area contributed by atoms with Crippen LogP contribution in [0.5, 0.6) is 0 Å². The summed E-state index contributed by atoms with van der Waals surface area (Å²) in [5, 5.41) is 43.4. The van der Waals surface area contributed by atoms with Crippen molar-refractivity contribution in [1.29, 1.82) is 0 Å². The molecule has 2 rings (SSSR count). The Hall–Kier alpha value is -1.27. The van der Waals surface area contributed by atoms with Gasteiger partial charge in [-0.15, -0.1) is 0 Å². The van der Waals surface area contributed by atoms with Crippen LogP contribution in [0.2, 0.25) is 0 Å². The fourth-order valence-corrected chi connectivity index (χ4v) is 1.69. The van der Waals surface area contributed by atoms with Crippen LogP contribution in [0, 0.1) is 51.9 Å². The van der Waals surface area contributed by atoms with Crippen LogP contribution < -0.4 is 21.3 Å². The van der Waals surface area contributed by atoms with Crippen LogP contribution in [0.25, 0.3) is 0 Å². The quantitative estimate of drug-likeness (QED) is 0.167. The molecule has 0 aromatic carbocycles. The van der Waals surface area contributed by atoms with Gasteiger partial charge in [0.1, 0.15) is 0 Å². The SMILES string of the molecule is O.[O-2].[O-2].[O-]NC1=N/C(=[NH+]\[O-])CCC1.[O-]NC1=N/C(=[NH+]\[O-])CCC1.[U]. The van der Waals surface area contributed by atoms with Gasteiger partial charge in [0.2, 0.25) is 11.7 Å². The zero-order valence-corrected chi connectivity index (χ0v) is 16.8. The standard InChI is InChI=1S/2C5H8N3O2.H2O.2O.U/c2*9-7-4-2-1-3-5(6-4)8-10;;;;/h2*7H,1-3H2,(H-2,6,8,9,10);1H2;;;/q2*-1;;2*-2;/b2*7-4-;;;;. The topological polar surface area (TPSA) is 257 Å². The van der Waals surface area contributed by atoms with Crippen LogP contribution in [0.1, 0.15) is 38.5 Å². The Labute approximate surface area is 161 Å². The molecule has 0 saturated carbocycles. The smallest absolute Gasteiger partial charge is 0.296 e. The number of rotatable bonds is 0. The van der Waals surface area contributed by atoms with Gasteiger partial charge in [0, 0.05) is 44.0 Å². The molecule has 0 radical (unpaired) electrons. The van der Waals surface area contributed by atoms with Crippen LogP contribution in [-0.2, 0) is 11.0 Å². The van der Waals surface area contributed by atoms with Crippen molar-refractivity contribution in [2.75, 3.05) is 0 Å². The van der Waals surface area contributed by atoms with Gasteiger partial charge in [-0.3, -0.25) is 10.3 Å². The van der Waals surface area contributed by atoms with Crippen LogP contribution in [0.4, 0.5) is 0 Å². The summed E-state index contributed by atoms with van der Waals surface area (Å²) in [4.78, 5) is 7.41. The van der Waals surface area contributed by atoms with Crippen molar-refractivity contribution >= 4 is 23.3 Å². The van der Waals surface area contributed by atoms with Crippen molar-refractivity contribution in [3.63, 3.8) is 0 Å². The minimum atomic E-state index is 0. The van der Waals surface area contributed by atoms with E-state index in [9.17, 15) is 20.8 Å². The zero-order valence-electron chi connectivity index (χ0n) is 12.6. The molecule has 0 unspecified atom stereocenters. The van der Waals surface area contributed by atoms with E-state index in [1.807, 2.05) is 0 Å². The van der Waals surface area contributed by atoms with Crippen molar-refractivity contribution < 1.29 is 57.9 Å². The molecule has 0 spiro atoms. The third-order valence-electron chi connectivity index (χ3n) is 2.67. The summed E-state index contributed by atoms with van der Waals surface area (Å²) in [5.41, 5.74) is 3.34. The Morgan fingerprint density at radius 1 is 0.750 bits per heavy atom. The van der Waals surface area contributed by atoms with Crippen molar-refractivity contribution in [3.05, 3.63) is 20.8 Å². The minimum Gasteiger partial charge on any atom is -2.00 e. The summed E-state index contributed by atoms with van der Waals surface area (Å²) in [6.07, 6.45) is 4.14. The van der Waals surface area contributed by atoms with E-state index in [-0.39, 0.29) is 47.5 Å². The molecule has 2 aliphatic rings. The summed E-state index contributed by atoms with van der Waals surface area (Å²) in [6, 6.07) is 0. The molecule has 0 saturated heterocycles. The Kier molecular flexibility index (Phi) is 23.0. The summed E-state index contributed by atoms with van der Waals surface area (Å²) in [5.74, 6) is 1.35. The maximum atomic E-state index is 10.0. The van der Waals surface area contributed by atoms with E-state index in [2.05, 4.69) is 9.98 Å². The second-order valence-corrected chi connectivity index (χ2v) is 4.13. The molecule has 0 aromatic heterocycles. The molecule has 0 aromatic rings. The normalized spacial score (nSPS) is 18.8. The number of hydroxylamine groups is 2. The van der Waals surface area contributed by atoms with Gasteiger partial charge < -0.3 is 48.2 Å². The van der Waals surface area contributed by atoms with E-state index in [4.69, 9.17) is 0 Å². The first-order valence-electron chi connectivity index (χ1n) is 6.13. The fourth-order valence-electron chi connectivity index (χ4n) is 1.69. The van der Waals surface area contributed by atoms with E-state index in [0.717, 1.165) is 12.8 Å². The van der Waals surface area contributed by atoms with Gasteiger partial charge in [-0.2, -0.15) is 0 Å². The molecule has 0 bridgehead atoms. The maximum Gasteiger partial charge on any atom is 0.296 e. The maximum absolute atomic E-state index is 10.0. The molecule has 2 aliphatic heterocycles. The van der Waals surface area contributed by atoms with E-state index in [1.54, 1.807) is 21.3 Å². The second-order valence-electron chi connectivity index (χ2n) is 4.13. The third kappa shape index (κ3) is 11.3. The van der Waals surface area contributed by atoms with Gasteiger partial charge in [0.15, 0.2) is 0 Å². The Morgan fingerprint density at radius 3 is 1.33 bits per heavy atom.